The van der Waals surface area contributed by atoms with Crippen molar-refractivity contribution in [3.8, 4) is 0 Å². The van der Waals surface area contributed by atoms with Gasteiger partial charge >= 0.3 is 103 Å². The summed E-state index contributed by atoms with van der Waals surface area (Å²) in [6.45, 7) is 0. The summed E-state index contributed by atoms with van der Waals surface area (Å²) in [5.41, 5.74) is -2.29. The molecule has 0 atom stereocenters. The Kier molecular flexibility index (Phi) is 9.72. The van der Waals surface area contributed by atoms with Gasteiger partial charge in [0.15, 0.2) is 11.6 Å². The van der Waals surface area contributed by atoms with E-state index in [2.05, 4.69) is 31.9 Å². The minimum Gasteiger partial charge on any atom is -0.744 e. The van der Waals surface area contributed by atoms with E-state index in [-0.39, 0.29) is 112 Å². The Bertz CT molecular complexity index is 1140. The Morgan fingerprint density at radius 2 is 0.929 bits per heavy atom. The second-order valence-electron chi connectivity index (χ2n) is 5.22. The van der Waals surface area contributed by atoms with E-state index in [1.165, 1.54) is 0 Å². The molecular formula is C14H4Br2K2O8S2. The molecule has 136 valence electrons. The predicted octanol–water partition coefficient (Wildman–Crippen LogP) is -4.20. The number of fused-ring (bicyclic) bond motifs is 2. The first kappa shape index (κ1) is 27.9. The van der Waals surface area contributed by atoms with Crippen molar-refractivity contribution in [2.24, 2.45) is 0 Å². The third-order valence-corrected chi connectivity index (χ3v) is 6.25. The first-order valence-corrected chi connectivity index (χ1v) is 10.9. The molecule has 1 aliphatic carbocycles. The SMILES string of the molecule is O=C1c2cc(Br)cc(S(=O)(=O)[O-])c2C(=O)c2cc(Br)cc(S(=O)(=O)[O-])c21.[K+].[K+]. The molecule has 8 nitrogen and oxygen atoms in total. The van der Waals surface area contributed by atoms with Gasteiger partial charge in [-0.2, -0.15) is 0 Å². The van der Waals surface area contributed by atoms with E-state index in [4.69, 9.17) is 0 Å². The van der Waals surface area contributed by atoms with Crippen LogP contribution in [0.2, 0.25) is 0 Å². The summed E-state index contributed by atoms with van der Waals surface area (Å²) in [5, 5.41) is 0. The molecule has 0 unspecified atom stereocenters. The van der Waals surface area contributed by atoms with Crippen LogP contribution in [0.25, 0.3) is 0 Å². The van der Waals surface area contributed by atoms with Gasteiger partial charge in [0.2, 0.25) is 0 Å². The molecule has 0 N–H and O–H groups in total. The second-order valence-corrected chi connectivity index (χ2v) is 9.75. The van der Waals surface area contributed by atoms with Crippen molar-refractivity contribution in [2.45, 2.75) is 9.79 Å². The van der Waals surface area contributed by atoms with E-state index in [0.717, 1.165) is 24.3 Å². The number of carbonyl (C=O) groups is 2. The standard InChI is InChI=1S/C14H6Br2O8S2.2K/c15-5-1-7-11(9(3-5)25(19,20)21)14(18)8-2-6(16)4-10(26(22,23)24)12(8)13(7)17;;/h1-4H,(H,19,20,21)(H,22,23,24);;/q;2*+1/p-2. The fraction of sp³-hybridized carbons (Fsp3) is 0. The van der Waals surface area contributed by atoms with Crippen LogP contribution in [0.15, 0.2) is 43.0 Å². The fourth-order valence-corrected chi connectivity index (χ4v) is 5.32. The monoisotopic (exact) mass is 600 g/mol. The van der Waals surface area contributed by atoms with Crippen molar-refractivity contribution in [1.82, 2.24) is 0 Å². The third kappa shape index (κ3) is 5.24. The Balaban J connectivity index is 0.00000196. The summed E-state index contributed by atoms with van der Waals surface area (Å²) in [6.07, 6.45) is 0. The Labute approximate surface area is 261 Å². The molecule has 0 aliphatic heterocycles. The smallest absolute Gasteiger partial charge is 0.744 e. The molecule has 0 radical (unpaired) electrons. The minimum atomic E-state index is -5.12. The largest absolute Gasteiger partial charge is 1.00 e. The van der Waals surface area contributed by atoms with E-state index in [1.807, 2.05) is 0 Å². The minimum absolute atomic E-state index is 0. The summed E-state index contributed by atoms with van der Waals surface area (Å²) in [4.78, 5) is 23.7. The normalized spacial score (nSPS) is 13.1. The molecule has 0 fully saturated rings. The number of rotatable bonds is 2. The van der Waals surface area contributed by atoms with Gasteiger partial charge in [0, 0.05) is 20.1 Å². The van der Waals surface area contributed by atoms with Crippen LogP contribution < -0.4 is 103 Å². The summed E-state index contributed by atoms with van der Waals surface area (Å²) in [7, 11) is -10.2. The van der Waals surface area contributed by atoms with Crippen LogP contribution in [0.5, 0.6) is 0 Å². The van der Waals surface area contributed by atoms with Gasteiger partial charge in [-0.05, 0) is 24.3 Å². The molecule has 1 aliphatic rings. The molecule has 0 saturated heterocycles. The summed E-state index contributed by atoms with van der Waals surface area (Å²) >= 11 is 5.87. The molecule has 0 heterocycles. The number of ketones is 2. The predicted molar refractivity (Wildman–Crippen MR) is 91.1 cm³/mol. The summed E-state index contributed by atoms with van der Waals surface area (Å²) < 4.78 is 69.1. The maximum atomic E-state index is 12.8. The Morgan fingerprint density at radius 3 is 1.18 bits per heavy atom. The molecular weight excluding hydrogens is 598 g/mol. The number of halogens is 2. The molecule has 2 aromatic rings. The molecule has 0 aromatic heterocycles. The van der Waals surface area contributed by atoms with Crippen molar-refractivity contribution >= 4 is 63.7 Å². The van der Waals surface area contributed by atoms with Gasteiger partial charge in [-0.25, -0.2) is 16.8 Å². The molecule has 0 spiro atoms. The van der Waals surface area contributed by atoms with Crippen molar-refractivity contribution in [2.75, 3.05) is 0 Å². The van der Waals surface area contributed by atoms with Crippen LogP contribution >= 0.6 is 31.9 Å². The van der Waals surface area contributed by atoms with Gasteiger partial charge in [-0.1, -0.05) is 31.9 Å². The van der Waals surface area contributed by atoms with Crippen LogP contribution in [0.3, 0.4) is 0 Å². The van der Waals surface area contributed by atoms with Gasteiger partial charge in [0.05, 0.1) is 20.9 Å². The van der Waals surface area contributed by atoms with Gasteiger partial charge < -0.3 is 9.11 Å². The van der Waals surface area contributed by atoms with Gasteiger partial charge in [-0.15, -0.1) is 0 Å². The summed E-state index contributed by atoms with van der Waals surface area (Å²) in [6, 6.07) is 3.91. The molecule has 3 rings (SSSR count). The molecule has 0 bridgehead atoms. The van der Waals surface area contributed by atoms with Crippen LogP contribution in [-0.2, 0) is 20.2 Å². The zero-order valence-corrected chi connectivity index (χ0v) is 25.2. The summed E-state index contributed by atoms with van der Waals surface area (Å²) in [5.74, 6) is -2.11. The van der Waals surface area contributed by atoms with Crippen LogP contribution in [0.4, 0.5) is 0 Å². The van der Waals surface area contributed by atoms with Gasteiger partial charge in [0.1, 0.15) is 20.2 Å². The molecule has 2 aromatic carbocycles. The third-order valence-electron chi connectivity index (χ3n) is 3.62. The maximum Gasteiger partial charge on any atom is 1.00 e. The Hall–Kier alpha value is 1.83. The van der Waals surface area contributed by atoms with E-state index in [0.29, 0.717) is 0 Å². The molecule has 0 amide bonds. The number of benzene rings is 2. The number of hydrogen-bond acceptors (Lipinski definition) is 8. The Morgan fingerprint density at radius 1 is 0.643 bits per heavy atom. The van der Waals surface area contributed by atoms with Crippen LogP contribution in [-0.4, -0.2) is 37.5 Å². The fourth-order valence-electron chi connectivity index (χ4n) is 2.65. The van der Waals surface area contributed by atoms with Crippen molar-refractivity contribution in [3.05, 3.63) is 55.5 Å². The number of carbonyl (C=O) groups excluding carboxylic acids is 2. The molecule has 14 heteroatoms. The maximum absolute atomic E-state index is 12.8. The zero-order valence-electron chi connectivity index (χ0n) is 14.1. The van der Waals surface area contributed by atoms with E-state index < -0.39 is 63.8 Å². The second kappa shape index (κ2) is 9.76. The first-order valence-electron chi connectivity index (χ1n) is 6.50. The zero-order chi connectivity index (χ0) is 19.6. The van der Waals surface area contributed by atoms with E-state index >= 15 is 0 Å². The van der Waals surface area contributed by atoms with E-state index in [9.17, 15) is 35.5 Å². The van der Waals surface area contributed by atoms with Gasteiger partial charge in [0.25, 0.3) is 0 Å². The molecule has 0 saturated carbocycles. The molecule has 28 heavy (non-hydrogen) atoms. The van der Waals surface area contributed by atoms with E-state index in [1.54, 1.807) is 0 Å². The van der Waals surface area contributed by atoms with Crippen molar-refractivity contribution in [1.29, 1.82) is 0 Å². The van der Waals surface area contributed by atoms with Gasteiger partial charge in [-0.3, -0.25) is 9.59 Å². The van der Waals surface area contributed by atoms with Crippen LogP contribution in [0.1, 0.15) is 31.8 Å². The van der Waals surface area contributed by atoms with Crippen molar-refractivity contribution in [3.63, 3.8) is 0 Å². The average Bonchev–Trinajstić information content (AvgIpc) is 2.49. The average molecular weight is 602 g/mol. The quantitative estimate of drug-likeness (QED) is 0.212. The van der Waals surface area contributed by atoms with Crippen LogP contribution in [0, 0.1) is 0 Å². The first-order chi connectivity index (χ1) is 11.8. The topological polar surface area (TPSA) is 149 Å². The number of hydrogen-bond donors (Lipinski definition) is 0. The van der Waals surface area contributed by atoms with Crippen molar-refractivity contribution < 1.29 is 138 Å².